The van der Waals surface area contributed by atoms with Gasteiger partial charge in [0.15, 0.2) is 5.78 Å². The van der Waals surface area contributed by atoms with Crippen molar-refractivity contribution in [2.45, 2.75) is 17.3 Å². The molecule has 2 aromatic rings. The lowest BCUT2D eigenvalue weighted by molar-refractivity contribution is -0.0327. The Bertz CT molecular complexity index is 619. The average molecular weight is 355 g/mol. The topological polar surface area (TPSA) is 17.1 Å². The van der Waals surface area contributed by atoms with E-state index in [2.05, 4.69) is 15.9 Å². The highest BCUT2D eigenvalue weighted by Gasteiger charge is 2.33. The minimum atomic E-state index is -4.40. The van der Waals surface area contributed by atoms with Gasteiger partial charge in [0.2, 0.25) is 0 Å². The Morgan fingerprint density at radius 1 is 1.39 bits per heavy atom. The van der Waals surface area contributed by atoms with Gasteiger partial charge in [0.05, 0.1) is 9.58 Å². The fraction of sp³-hybridized carbons (Fsp3) is 0.182. The summed E-state index contributed by atoms with van der Waals surface area (Å²) in [6.07, 6.45) is 0. The standard InChI is InChI=1S/C11H6BrF3OS2/c1-5(16)8-10(18-11(13,14)15)6-3-2-4-7(12)9(6)17-8/h2-4H,1H3. The highest BCUT2D eigenvalue weighted by molar-refractivity contribution is 9.10. The van der Waals surface area contributed by atoms with Crippen LogP contribution < -0.4 is 0 Å². The molecule has 0 fully saturated rings. The molecule has 7 heteroatoms. The Labute approximate surface area is 117 Å². The quantitative estimate of drug-likeness (QED) is 0.524. The Hall–Kier alpha value is -0.530. The van der Waals surface area contributed by atoms with E-state index in [9.17, 15) is 18.0 Å². The molecule has 0 N–H and O–H groups in total. The highest BCUT2D eigenvalue weighted by atomic mass is 79.9. The van der Waals surface area contributed by atoms with Crippen molar-refractivity contribution in [2.75, 3.05) is 0 Å². The first kappa shape index (κ1) is 13.9. The lowest BCUT2D eigenvalue weighted by Crippen LogP contribution is -2.01. The summed E-state index contributed by atoms with van der Waals surface area (Å²) < 4.78 is 39.0. The zero-order valence-electron chi connectivity index (χ0n) is 8.97. The smallest absolute Gasteiger partial charge is 0.294 e. The third-order valence-electron chi connectivity index (χ3n) is 2.16. The molecule has 0 aliphatic heterocycles. The number of ketones is 1. The summed E-state index contributed by atoms with van der Waals surface area (Å²) in [5.74, 6) is -0.352. The predicted octanol–water partition coefficient (Wildman–Crippen LogP) is 5.48. The zero-order valence-corrected chi connectivity index (χ0v) is 12.2. The number of fused-ring (bicyclic) bond motifs is 1. The normalized spacial score (nSPS) is 12.1. The molecule has 0 bridgehead atoms. The number of rotatable bonds is 2. The van der Waals surface area contributed by atoms with E-state index in [1.54, 1.807) is 18.2 Å². The first-order valence-corrected chi connectivity index (χ1v) is 7.20. The van der Waals surface area contributed by atoms with Gasteiger partial charge in [-0.05, 0) is 40.7 Å². The van der Waals surface area contributed by atoms with E-state index in [-0.39, 0.29) is 27.3 Å². The molecule has 0 aliphatic carbocycles. The summed E-state index contributed by atoms with van der Waals surface area (Å²) >= 11 is 4.13. The third kappa shape index (κ3) is 2.73. The van der Waals surface area contributed by atoms with Crippen molar-refractivity contribution in [3.8, 4) is 0 Å². The molecule has 2 rings (SSSR count). The number of thioether (sulfide) groups is 1. The molecule has 0 aliphatic rings. The van der Waals surface area contributed by atoms with Crippen molar-refractivity contribution < 1.29 is 18.0 Å². The van der Waals surface area contributed by atoms with Crippen LogP contribution in [0.25, 0.3) is 10.1 Å². The molecule has 1 aromatic heterocycles. The summed E-state index contributed by atoms with van der Waals surface area (Å²) in [5, 5.41) is 0.460. The van der Waals surface area contributed by atoms with Crippen molar-refractivity contribution in [3.05, 3.63) is 27.5 Å². The minimum absolute atomic E-state index is 0.00343. The number of carbonyl (C=O) groups excluding carboxylic acids is 1. The van der Waals surface area contributed by atoms with E-state index in [0.29, 0.717) is 14.6 Å². The first-order valence-electron chi connectivity index (χ1n) is 4.77. The van der Waals surface area contributed by atoms with Gasteiger partial charge in [0, 0.05) is 14.8 Å². The van der Waals surface area contributed by atoms with Crippen LogP contribution in [0, 0.1) is 0 Å². The SMILES string of the molecule is CC(=O)c1sc2c(Br)cccc2c1SC(F)(F)F. The second-order valence-corrected chi connectivity index (χ2v) is 6.43. The maximum atomic E-state index is 12.5. The molecule has 96 valence electrons. The molecular weight excluding hydrogens is 349 g/mol. The van der Waals surface area contributed by atoms with Gasteiger partial charge in [-0.2, -0.15) is 13.2 Å². The molecule has 18 heavy (non-hydrogen) atoms. The Morgan fingerprint density at radius 2 is 2.06 bits per heavy atom. The van der Waals surface area contributed by atoms with Crippen molar-refractivity contribution in [3.63, 3.8) is 0 Å². The largest absolute Gasteiger partial charge is 0.446 e. The molecule has 1 nitrogen and oxygen atoms in total. The first-order chi connectivity index (χ1) is 8.29. The molecule has 1 heterocycles. The maximum Gasteiger partial charge on any atom is 0.446 e. The van der Waals surface area contributed by atoms with Crippen LogP contribution in [0.15, 0.2) is 27.6 Å². The van der Waals surface area contributed by atoms with E-state index in [1.165, 1.54) is 6.92 Å². The maximum absolute atomic E-state index is 12.5. The number of halogens is 4. The fourth-order valence-electron chi connectivity index (χ4n) is 1.51. The summed E-state index contributed by atoms with van der Waals surface area (Å²) in [7, 11) is 0. The molecule has 0 amide bonds. The molecule has 1 aromatic carbocycles. The number of Topliss-reactive ketones (excluding diaryl/α,β-unsaturated/α-hetero) is 1. The van der Waals surface area contributed by atoms with Crippen molar-refractivity contribution >= 4 is 54.9 Å². The van der Waals surface area contributed by atoms with E-state index in [1.807, 2.05) is 0 Å². The summed E-state index contributed by atoms with van der Waals surface area (Å²) in [4.78, 5) is 11.6. The van der Waals surface area contributed by atoms with Crippen LogP contribution in [0.1, 0.15) is 16.6 Å². The van der Waals surface area contributed by atoms with Crippen LogP contribution in [-0.4, -0.2) is 11.3 Å². The molecule has 0 atom stereocenters. The van der Waals surface area contributed by atoms with Crippen LogP contribution in [-0.2, 0) is 0 Å². The Morgan fingerprint density at radius 3 is 2.61 bits per heavy atom. The zero-order chi connectivity index (χ0) is 13.5. The third-order valence-corrected chi connectivity index (χ3v) is 5.41. The van der Waals surface area contributed by atoms with Gasteiger partial charge in [-0.15, -0.1) is 11.3 Å². The Balaban J connectivity index is 2.71. The Kier molecular flexibility index (Phi) is 3.75. The van der Waals surface area contributed by atoms with Crippen LogP contribution in [0.3, 0.4) is 0 Å². The van der Waals surface area contributed by atoms with Crippen LogP contribution in [0.4, 0.5) is 13.2 Å². The van der Waals surface area contributed by atoms with Gasteiger partial charge in [0.25, 0.3) is 0 Å². The van der Waals surface area contributed by atoms with Crippen LogP contribution >= 0.6 is 39.0 Å². The summed E-state index contributed by atoms with van der Waals surface area (Å²) in [6.45, 7) is 1.28. The van der Waals surface area contributed by atoms with Crippen molar-refractivity contribution in [1.29, 1.82) is 0 Å². The number of hydrogen-bond donors (Lipinski definition) is 0. The fourth-order valence-corrected chi connectivity index (χ4v) is 4.18. The molecule has 0 radical (unpaired) electrons. The number of hydrogen-bond acceptors (Lipinski definition) is 3. The van der Waals surface area contributed by atoms with E-state index in [0.717, 1.165) is 11.3 Å². The molecule has 0 saturated heterocycles. The van der Waals surface area contributed by atoms with Crippen molar-refractivity contribution in [2.24, 2.45) is 0 Å². The van der Waals surface area contributed by atoms with E-state index >= 15 is 0 Å². The molecule has 0 spiro atoms. The van der Waals surface area contributed by atoms with Crippen LogP contribution in [0.2, 0.25) is 0 Å². The second-order valence-electron chi connectivity index (χ2n) is 3.48. The van der Waals surface area contributed by atoms with Crippen LogP contribution in [0.5, 0.6) is 0 Å². The lowest BCUT2D eigenvalue weighted by Gasteiger charge is -2.06. The monoisotopic (exact) mass is 354 g/mol. The van der Waals surface area contributed by atoms with Gasteiger partial charge >= 0.3 is 5.51 Å². The summed E-state index contributed by atoms with van der Waals surface area (Å²) in [6, 6.07) is 4.99. The van der Waals surface area contributed by atoms with E-state index < -0.39 is 5.51 Å². The molecule has 0 saturated carbocycles. The number of thiophene rings is 1. The van der Waals surface area contributed by atoms with Gasteiger partial charge in [-0.25, -0.2) is 0 Å². The summed E-state index contributed by atoms with van der Waals surface area (Å²) in [5.41, 5.74) is -4.40. The second kappa shape index (κ2) is 4.86. The number of benzene rings is 1. The highest BCUT2D eigenvalue weighted by Crippen LogP contribution is 2.47. The number of carbonyl (C=O) groups is 1. The lowest BCUT2D eigenvalue weighted by atomic mass is 10.2. The van der Waals surface area contributed by atoms with E-state index in [4.69, 9.17) is 0 Å². The van der Waals surface area contributed by atoms with Crippen molar-refractivity contribution in [1.82, 2.24) is 0 Å². The average Bonchev–Trinajstić information content (AvgIpc) is 2.57. The van der Waals surface area contributed by atoms with Gasteiger partial charge in [-0.1, -0.05) is 12.1 Å². The molecule has 0 unspecified atom stereocenters. The van der Waals surface area contributed by atoms with Gasteiger partial charge < -0.3 is 0 Å². The van der Waals surface area contributed by atoms with Gasteiger partial charge in [0.1, 0.15) is 0 Å². The predicted molar refractivity (Wildman–Crippen MR) is 71.4 cm³/mol. The molecular formula is C11H6BrF3OS2. The van der Waals surface area contributed by atoms with Gasteiger partial charge in [-0.3, -0.25) is 4.79 Å². The number of alkyl halides is 3. The minimum Gasteiger partial charge on any atom is -0.294 e.